The van der Waals surface area contributed by atoms with E-state index in [9.17, 15) is 0 Å². The zero-order valence-corrected chi connectivity index (χ0v) is 36.7. The number of fused-ring (bicyclic) bond motifs is 15. The molecule has 0 bridgehead atoms. The molecule has 0 atom stereocenters. The Kier molecular flexibility index (Phi) is 7.70. The van der Waals surface area contributed by atoms with Gasteiger partial charge in [0, 0.05) is 22.1 Å². The molecule has 1 spiro atoms. The second kappa shape index (κ2) is 13.7. The van der Waals surface area contributed by atoms with E-state index in [4.69, 9.17) is 9.97 Å². The van der Waals surface area contributed by atoms with Crippen molar-refractivity contribution < 1.29 is 0 Å². The second-order valence-corrected chi connectivity index (χ2v) is 18.8. The van der Waals surface area contributed by atoms with E-state index < -0.39 is 5.41 Å². The van der Waals surface area contributed by atoms with Crippen LogP contribution in [0.2, 0.25) is 0 Å². The first-order chi connectivity index (χ1) is 32.5. The van der Waals surface area contributed by atoms with Gasteiger partial charge in [-0.15, -0.1) is 0 Å². The molecule has 0 saturated heterocycles. The molecule has 0 saturated carbocycles. The van der Waals surface area contributed by atoms with Crippen LogP contribution in [0.25, 0.3) is 100.0 Å². The summed E-state index contributed by atoms with van der Waals surface area (Å²) in [6, 6.07) is 80.7. The van der Waals surface area contributed by atoms with Crippen LogP contribution in [-0.4, -0.2) is 9.97 Å². The van der Waals surface area contributed by atoms with Crippen molar-refractivity contribution in [2.45, 2.75) is 24.7 Å². The van der Waals surface area contributed by atoms with Crippen LogP contribution in [0.1, 0.15) is 47.2 Å². The van der Waals surface area contributed by atoms with Gasteiger partial charge in [0.25, 0.3) is 0 Å². The number of hydrogen-bond donors (Lipinski definition) is 0. The Balaban J connectivity index is 0.922. The zero-order chi connectivity index (χ0) is 43.7. The van der Waals surface area contributed by atoms with Crippen molar-refractivity contribution in [2.75, 3.05) is 0 Å². The van der Waals surface area contributed by atoms with Crippen LogP contribution in [0.15, 0.2) is 218 Å². The number of nitrogens with zero attached hydrogens (tertiary/aromatic N) is 2. The van der Waals surface area contributed by atoms with E-state index in [1.807, 2.05) is 6.07 Å². The fourth-order valence-electron chi connectivity index (χ4n) is 12.1. The third-order valence-electron chi connectivity index (χ3n) is 15.1. The SMILES string of the molecule is CC1(C)c2cc3ccccc3cc2-c2c(-c3cc(-c4ccc5cc(-c6cccc7c6C6(c8ccccc8-c8ccccc86)c6ccccc6-7)ccc5c4)nc(-c4ccccc4)n3)cccc21. The van der Waals surface area contributed by atoms with Crippen molar-refractivity contribution in [3.05, 3.63) is 252 Å². The van der Waals surface area contributed by atoms with Gasteiger partial charge in [-0.3, -0.25) is 0 Å². The van der Waals surface area contributed by atoms with Gasteiger partial charge in [-0.2, -0.15) is 0 Å². The fourth-order valence-corrected chi connectivity index (χ4v) is 12.1. The summed E-state index contributed by atoms with van der Waals surface area (Å²) in [4.78, 5) is 10.7. The molecule has 0 radical (unpaired) electrons. The normalized spacial score (nSPS) is 14.2. The van der Waals surface area contributed by atoms with Gasteiger partial charge in [0.1, 0.15) is 0 Å². The van der Waals surface area contributed by atoms with Gasteiger partial charge in [0.15, 0.2) is 5.82 Å². The summed E-state index contributed by atoms with van der Waals surface area (Å²) in [7, 11) is 0. The highest BCUT2D eigenvalue weighted by Gasteiger charge is 2.52. The second-order valence-electron chi connectivity index (χ2n) is 18.8. The van der Waals surface area contributed by atoms with E-state index >= 15 is 0 Å². The molecule has 10 aromatic carbocycles. The first kappa shape index (κ1) is 37.2. The van der Waals surface area contributed by atoms with Gasteiger partial charge in [0.2, 0.25) is 0 Å². The lowest BCUT2D eigenvalue weighted by Crippen LogP contribution is -2.26. The molecule has 3 aliphatic carbocycles. The van der Waals surface area contributed by atoms with Gasteiger partial charge in [-0.05, 0) is 130 Å². The minimum Gasteiger partial charge on any atom is -0.228 e. The van der Waals surface area contributed by atoms with Gasteiger partial charge >= 0.3 is 0 Å². The summed E-state index contributed by atoms with van der Waals surface area (Å²) in [6.07, 6.45) is 0. The molecule has 66 heavy (non-hydrogen) atoms. The predicted octanol–water partition coefficient (Wildman–Crippen LogP) is 16.1. The lowest BCUT2D eigenvalue weighted by molar-refractivity contribution is 0.661. The quantitative estimate of drug-likeness (QED) is 0.176. The van der Waals surface area contributed by atoms with Gasteiger partial charge in [-0.25, -0.2) is 9.97 Å². The molecular weight excluding hydrogens is 797 g/mol. The maximum atomic E-state index is 5.36. The molecule has 308 valence electrons. The zero-order valence-electron chi connectivity index (χ0n) is 36.7. The minimum atomic E-state index is -0.416. The van der Waals surface area contributed by atoms with Crippen LogP contribution in [0.3, 0.4) is 0 Å². The van der Waals surface area contributed by atoms with Crippen molar-refractivity contribution in [3.63, 3.8) is 0 Å². The third-order valence-corrected chi connectivity index (χ3v) is 15.1. The summed E-state index contributed by atoms with van der Waals surface area (Å²) in [5.41, 5.74) is 22.8. The highest BCUT2D eigenvalue weighted by atomic mass is 14.9. The van der Waals surface area contributed by atoms with Crippen molar-refractivity contribution in [1.29, 1.82) is 0 Å². The molecule has 0 unspecified atom stereocenters. The summed E-state index contributed by atoms with van der Waals surface area (Å²) in [5, 5.41) is 4.88. The van der Waals surface area contributed by atoms with Crippen molar-refractivity contribution in [3.8, 4) is 78.4 Å². The maximum Gasteiger partial charge on any atom is 0.160 e. The molecule has 11 aromatic rings. The molecule has 1 aromatic heterocycles. The van der Waals surface area contributed by atoms with E-state index in [-0.39, 0.29) is 5.41 Å². The average molecular weight is 839 g/mol. The number of rotatable bonds is 4. The summed E-state index contributed by atoms with van der Waals surface area (Å²) < 4.78 is 0. The lowest BCUT2D eigenvalue weighted by Gasteiger charge is -2.32. The monoisotopic (exact) mass is 838 g/mol. The van der Waals surface area contributed by atoms with E-state index in [1.54, 1.807) is 0 Å². The molecule has 2 heteroatoms. The highest BCUT2D eigenvalue weighted by Crippen LogP contribution is 2.64. The Bertz CT molecular complexity index is 3790. The third kappa shape index (κ3) is 5.07. The maximum absolute atomic E-state index is 5.36. The summed E-state index contributed by atoms with van der Waals surface area (Å²) in [5.74, 6) is 0.718. The number of hydrogen-bond acceptors (Lipinski definition) is 2. The molecule has 14 rings (SSSR count). The minimum absolute atomic E-state index is 0.156. The van der Waals surface area contributed by atoms with Crippen LogP contribution in [0.5, 0.6) is 0 Å². The van der Waals surface area contributed by atoms with Gasteiger partial charge in [-0.1, -0.05) is 202 Å². The Labute approximate surface area is 384 Å². The molecule has 2 nitrogen and oxygen atoms in total. The highest BCUT2D eigenvalue weighted by molar-refractivity contribution is 6.01. The van der Waals surface area contributed by atoms with E-state index in [0.29, 0.717) is 0 Å². The first-order valence-corrected chi connectivity index (χ1v) is 23.1. The molecule has 0 aliphatic heterocycles. The molecular formula is C64H42N2. The van der Waals surface area contributed by atoms with Gasteiger partial charge in [0.05, 0.1) is 16.8 Å². The smallest absolute Gasteiger partial charge is 0.160 e. The van der Waals surface area contributed by atoms with Crippen LogP contribution < -0.4 is 0 Å². The van der Waals surface area contributed by atoms with E-state index in [0.717, 1.165) is 33.9 Å². The largest absolute Gasteiger partial charge is 0.228 e. The molecule has 3 aliphatic rings. The Morgan fingerprint density at radius 1 is 0.303 bits per heavy atom. The van der Waals surface area contributed by atoms with E-state index in [2.05, 4.69) is 226 Å². The first-order valence-electron chi connectivity index (χ1n) is 23.1. The van der Waals surface area contributed by atoms with Crippen LogP contribution in [-0.2, 0) is 10.8 Å². The lowest BCUT2D eigenvalue weighted by atomic mass is 9.68. The molecule has 0 amide bonds. The predicted molar refractivity (Wildman–Crippen MR) is 273 cm³/mol. The van der Waals surface area contributed by atoms with Crippen molar-refractivity contribution in [2.24, 2.45) is 0 Å². The number of benzene rings is 10. The Morgan fingerprint density at radius 2 is 0.803 bits per heavy atom. The van der Waals surface area contributed by atoms with Crippen LogP contribution in [0, 0.1) is 0 Å². The fraction of sp³-hybridized carbons (Fsp3) is 0.0625. The molecule has 0 fully saturated rings. The Hall–Kier alpha value is -8.20. The standard InChI is InChI=1S/C64H42N2/c1-63(2)56-29-15-25-51(60(56)52-36-40-18-6-7-19-41(40)37-57(52)63)59-38-58(65-62(66-59)39-16-4-3-5-17-39)45-33-31-42-34-44(32-30-43(42)35-45)46-23-14-24-50-49-22-10-13-28-55(49)64(61(46)50)53-26-11-8-20-47(53)48-21-9-12-27-54(48)64/h3-38H,1-2H3. The van der Waals surface area contributed by atoms with Crippen LogP contribution >= 0.6 is 0 Å². The Morgan fingerprint density at radius 3 is 1.52 bits per heavy atom. The van der Waals surface area contributed by atoms with Crippen molar-refractivity contribution >= 4 is 21.5 Å². The molecule has 0 N–H and O–H groups in total. The summed E-state index contributed by atoms with van der Waals surface area (Å²) >= 11 is 0. The van der Waals surface area contributed by atoms with Gasteiger partial charge < -0.3 is 0 Å². The summed E-state index contributed by atoms with van der Waals surface area (Å²) in [6.45, 7) is 4.71. The van der Waals surface area contributed by atoms with Crippen molar-refractivity contribution in [1.82, 2.24) is 9.97 Å². The average Bonchev–Trinajstić information content (AvgIpc) is 3.94. The van der Waals surface area contributed by atoms with Crippen LogP contribution in [0.4, 0.5) is 0 Å². The van der Waals surface area contributed by atoms with E-state index in [1.165, 1.54) is 99.4 Å². The molecule has 1 heterocycles. The number of aromatic nitrogens is 2. The topological polar surface area (TPSA) is 25.8 Å².